The summed E-state index contributed by atoms with van der Waals surface area (Å²) < 4.78 is 2.06. The first-order chi connectivity index (χ1) is 6.74. The average Bonchev–Trinajstić information content (AvgIpc) is 2.52. The van der Waals surface area contributed by atoms with E-state index < -0.39 is 0 Å². The maximum absolute atomic E-state index is 4.27. The standard InChI is InChI=1S/C10H18N2S2/c1-9(3-7-13)4-8-14-10-11-5-6-12(10)2/h5-6,9,13H,3-4,7-8H2,1-2H3. The van der Waals surface area contributed by atoms with E-state index in [1.807, 2.05) is 31.2 Å². The molecular formula is C10H18N2S2. The van der Waals surface area contributed by atoms with Crippen LogP contribution in [-0.2, 0) is 7.05 Å². The summed E-state index contributed by atoms with van der Waals surface area (Å²) in [6, 6.07) is 0. The van der Waals surface area contributed by atoms with Crippen molar-refractivity contribution < 1.29 is 0 Å². The maximum Gasteiger partial charge on any atom is 0.167 e. The fourth-order valence-electron chi connectivity index (χ4n) is 1.21. The van der Waals surface area contributed by atoms with Gasteiger partial charge in [0.05, 0.1) is 0 Å². The number of nitrogens with zero attached hydrogens (tertiary/aromatic N) is 2. The van der Waals surface area contributed by atoms with E-state index in [-0.39, 0.29) is 0 Å². The SMILES string of the molecule is CC(CCS)CCSc1nccn1C. The summed E-state index contributed by atoms with van der Waals surface area (Å²) in [5, 5.41) is 1.11. The van der Waals surface area contributed by atoms with Gasteiger partial charge in [0, 0.05) is 25.2 Å². The topological polar surface area (TPSA) is 17.8 Å². The lowest BCUT2D eigenvalue weighted by atomic mass is 10.1. The van der Waals surface area contributed by atoms with Crippen LogP contribution in [0.25, 0.3) is 0 Å². The van der Waals surface area contributed by atoms with Crippen LogP contribution in [0, 0.1) is 5.92 Å². The molecule has 0 radical (unpaired) electrons. The van der Waals surface area contributed by atoms with Crippen LogP contribution in [0.5, 0.6) is 0 Å². The molecule has 1 unspecified atom stereocenters. The van der Waals surface area contributed by atoms with Crippen LogP contribution >= 0.6 is 24.4 Å². The summed E-state index contributed by atoms with van der Waals surface area (Å²) in [6.07, 6.45) is 6.29. The molecule has 80 valence electrons. The van der Waals surface area contributed by atoms with Crippen LogP contribution in [0.15, 0.2) is 17.6 Å². The van der Waals surface area contributed by atoms with Crippen LogP contribution in [0.1, 0.15) is 19.8 Å². The third-order valence-electron chi connectivity index (χ3n) is 2.24. The number of aromatic nitrogens is 2. The summed E-state index contributed by atoms with van der Waals surface area (Å²) in [6.45, 7) is 2.29. The second-order valence-electron chi connectivity index (χ2n) is 3.58. The second kappa shape index (κ2) is 6.40. The number of hydrogen-bond acceptors (Lipinski definition) is 3. The zero-order valence-corrected chi connectivity index (χ0v) is 10.5. The summed E-state index contributed by atoms with van der Waals surface area (Å²) >= 11 is 6.07. The number of thioether (sulfide) groups is 1. The number of thiol groups is 1. The van der Waals surface area contributed by atoms with Gasteiger partial charge in [0.15, 0.2) is 5.16 Å². The number of rotatable bonds is 6. The van der Waals surface area contributed by atoms with Gasteiger partial charge < -0.3 is 4.57 Å². The van der Waals surface area contributed by atoms with Gasteiger partial charge in [0.2, 0.25) is 0 Å². The normalized spacial score (nSPS) is 13.1. The third-order valence-corrected chi connectivity index (χ3v) is 3.59. The molecule has 1 aromatic rings. The molecule has 0 fully saturated rings. The molecule has 0 N–H and O–H groups in total. The van der Waals surface area contributed by atoms with Gasteiger partial charge in [-0.2, -0.15) is 12.6 Å². The molecule has 1 aromatic heterocycles. The van der Waals surface area contributed by atoms with Crippen LogP contribution in [0.4, 0.5) is 0 Å². The van der Waals surface area contributed by atoms with Gasteiger partial charge in [-0.15, -0.1) is 0 Å². The lowest BCUT2D eigenvalue weighted by Crippen LogP contribution is -1.98. The first kappa shape index (κ1) is 12.0. The minimum atomic E-state index is 0.778. The van der Waals surface area contributed by atoms with Crippen molar-refractivity contribution in [2.45, 2.75) is 24.9 Å². The number of aryl methyl sites for hydroxylation is 1. The van der Waals surface area contributed by atoms with E-state index in [0.29, 0.717) is 0 Å². The Morgan fingerprint density at radius 3 is 2.93 bits per heavy atom. The summed E-state index contributed by atoms with van der Waals surface area (Å²) in [7, 11) is 2.03. The molecular weight excluding hydrogens is 212 g/mol. The van der Waals surface area contributed by atoms with Crippen LogP contribution in [0.3, 0.4) is 0 Å². The molecule has 0 bridgehead atoms. The summed E-state index contributed by atoms with van der Waals surface area (Å²) in [4.78, 5) is 4.27. The monoisotopic (exact) mass is 230 g/mol. The van der Waals surface area contributed by atoms with Gasteiger partial charge >= 0.3 is 0 Å². The molecule has 4 heteroatoms. The second-order valence-corrected chi connectivity index (χ2v) is 5.08. The third kappa shape index (κ3) is 3.96. The van der Waals surface area contributed by atoms with E-state index in [2.05, 4.69) is 29.1 Å². The Hall–Kier alpha value is -0.0900. The van der Waals surface area contributed by atoms with Crippen molar-refractivity contribution in [3.8, 4) is 0 Å². The average molecular weight is 230 g/mol. The highest BCUT2D eigenvalue weighted by Gasteiger charge is 2.03. The van der Waals surface area contributed by atoms with Crippen molar-refractivity contribution in [2.24, 2.45) is 13.0 Å². The van der Waals surface area contributed by atoms with Crippen molar-refractivity contribution >= 4 is 24.4 Å². The molecule has 1 rings (SSSR count). The van der Waals surface area contributed by atoms with E-state index >= 15 is 0 Å². The molecule has 2 nitrogen and oxygen atoms in total. The lowest BCUT2D eigenvalue weighted by molar-refractivity contribution is 0.553. The highest BCUT2D eigenvalue weighted by atomic mass is 32.2. The Morgan fingerprint density at radius 2 is 2.36 bits per heavy atom. The Kier molecular flexibility index (Phi) is 5.48. The van der Waals surface area contributed by atoms with Crippen LogP contribution in [0.2, 0.25) is 0 Å². The smallest absolute Gasteiger partial charge is 0.167 e. The van der Waals surface area contributed by atoms with E-state index in [1.54, 1.807) is 0 Å². The maximum atomic E-state index is 4.27. The first-order valence-corrected chi connectivity index (χ1v) is 6.57. The molecule has 1 heterocycles. The Bertz CT molecular complexity index is 260. The van der Waals surface area contributed by atoms with Crippen molar-refractivity contribution in [3.63, 3.8) is 0 Å². The Balaban J connectivity index is 2.19. The zero-order chi connectivity index (χ0) is 10.4. The van der Waals surface area contributed by atoms with Gasteiger partial charge in [-0.05, 0) is 24.5 Å². The van der Waals surface area contributed by atoms with Crippen molar-refractivity contribution in [2.75, 3.05) is 11.5 Å². The summed E-state index contributed by atoms with van der Waals surface area (Å²) in [5.41, 5.74) is 0. The van der Waals surface area contributed by atoms with Crippen molar-refractivity contribution in [3.05, 3.63) is 12.4 Å². The zero-order valence-electron chi connectivity index (χ0n) is 8.81. The van der Waals surface area contributed by atoms with Crippen LogP contribution < -0.4 is 0 Å². The minimum Gasteiger partial charge on any atom is -0.329 e. The molecule has 0 amide bonds. The molecule has 0 saturated carbocycles. The molecule has 1 atom stereocenters. The fraction of sp³-hybridized carbons (Fsp3) is 0.700. The Morgan fingerprint density at radius 1 is 1.57 bits per heavy atom. The largest absolute Gasteiger partial charge is 0.329 e. The van der Waals surface area contributed by atoms with E-state index in [4.69, 9.17) is 0 Å². The summed E-state index contributed by atoms with van der Waals surface area (Å²) in [5.74, 6) is 2.92. The van der Waals surface area contributed by atoms with Gasteiger partial charge in [0.1, 0.15) is 0 Å². The van der Waals surface area contributed by atoms with Crippen LogP contribution in [-0.4, -0.2) is 21.1 Å². The molecule has 0 aliphatic heterocycles. The first-order valence-electron chi connectivity index (χ1n) is 4.95. The van der Waals surface area contributed by atoms with E-state index in [1.165, 1.54) is 12.8 Å². The highest BCUT2D eigenvalue weighted by molar-refractivity contribution is 7.99. The molecule has 0 aliphatic carbocycles. The fourth-order valence-corrected chi connectivity index (χ4v) is 2.75. The van der Waals surface area contributed by atoms with Gasteiger partial charge in [-0.25, -0.2) is 4.98 Å². The highest BCUT2D eigenvalue weighted by Crippen LogP contribution is 2.19. The van der Waals surface area contributed by atoms with Gasteiger partial charge in [-0.3, -0.25) is 0 Å². The number of imidazole rings is 1. The van der Waals surface area contributed by atoms with E-state index in [0.717, 1.165) is 22.6 Å². The van der Waals surface area contributed by atoms with E-state index in [9.17, 15) is 0 Å². The molecule has 0 spiro atoms. The quantitative estimate of drug-likeness (QED) is 0.598. The molecule has 0 aliphatic rings. The van der Waals surface area contributed by atoms with Gasteiger partial charge in [0.25, 0.3) is 0 Å². The Labute approximate surface area is 95.9 Å². The number of hydrogen-bond donors (Lipinski definition) is 1. The van der Waals surface area contributed by atoms with Crippen molar-refractivity contribution in [1.82, 2.24) is 9.55 Å². The molecule has 0 saturated heterocycles. The molecule has 14 heavy (non-hydrogen) atoms. The predicted molar refractivity (Wildman–Crippen MR) is 66.2 cm³/mol. The lowest BCUT2D eigenvalue weighted by Gasteiger charge is -2.08. The predicted octanol–water partition coefficient (Wildman–Crippen LogP) is 2.86. The minimum absolute atomic E-state index is 0.778. The van der Waals surface area contributed by atoms with Gasteiger partial charge in [-0.1, -0.05) is 18.7 Å². The molecule has 0 aromatic carbocycles. The van der Waals surface area contributed by atoms with Crippen molar-refractivity contribution in [1.29, 1.82) is 0 Å².